The monoisotopic (exact) mass is 418 g/mol. The molecule has 1 fully saturated rings. The lowest BCUT2D eigenvalue weighted by Crippen LogP contribution is -2.49. The summed E-state index contributed by atoms with van der Waals surface area (Å²) in [6.45, 7) is 4.80. The van der Waals surface area contributed by atoms with E-state index in [4.69, 9.17) is 0 Å². The zero-order valence-electron chi connectivity index (χ0n) is 16.9. The highest BCUT2D eigenvalue weighted by molar-refractivity contribution is 7.13. The van der Waals surface area contributed by atoms with Crippen molar-refractivity contribution in [3.63, 3.8) is 0 Å². The number of fused-ring (bicyclic) bond motifs is 1. The van der Waals surface area contributed by atoms with Crippen LogP contribution in [0.25, 0.3) is 21.5 Å². The minimum absolute atomic E-state index is 0.00565. The molecule has 152 valence electrons. The molecule has 4 aromatic rings. The fraction of sp³-hybridized carbons (Fsp3) is 0.273. The van der Waals surface area contributed by atoms with E-state index in [0.29, 0.717) is 18.8 Å². The normalized spacial score (nSPS) is 14.5. The van der Waals surface area contributed by atoms with Gasteiger partial charge in [-0.25, -0.2) is 9.97 Å². The Morgan fingerprint density at radius 3 is 2.57 bits per heavy atom. The van der Waals surface area contributed by atoms with Crippen LogP contribution in [0.15, 0.2) is 48.0 Å². The summed E-state index contributed by atoms with van der Waals surface area (Å²) in [6, 6.07) is 12.0. The second-order valence-corrected chi connectivity index (χ2v) is 8.33. The van der Waals surface area contributed by atoms with Crippen molar-refractivity contribution < 1.29 is 4.79 Å². The molecule has 0 spiro atoms. The van der Waals surface area contributed by atoms with Crippen LogP contribution in [-0.4, -0.2) is 56.7 Å². The van der Waals surface area contributed by atoms with Gasteiger partial charge in [-0.3, -0.25) is 9.48 Å². The lowest BCUT2D eigenvalue weighted by Gasteiger charge is -2.35. The minimum atomic E-state index is -0.00565. The molecule has 8 heteroatoms. The average molecular weight is 419 g/mol. The fourth-order valence-corrected chi connectivity index (χ4v) is 4.63. The largest absolute Gasteiger partial charge is 0.353 e. The summed E-state index contributed by atoms with van der Waals surface area (Å²) >= 11 is 1.63. The summed E-state index contributed by atoms with van der Waals surface area (Å²) in [7, 11) is 1.87. The molecule has 1 aliphatic rings. The van der Waals surface area contributed by atoms with Crippen LogP contribution in [0.1, 0.15) is 16.2 Å². The second-order valence-electron chi connectivity index (χ2n) is 7.47. The first-order valence-corrected chi connectivity index (χ1v) is 10.8. The van der Waals surface area contributed by atoms with Gasteiger partial charge in [0.2, 0.25) is 0 Å². The van der Waals surface area contributed by atoms with Crippen molar-refractivity contribution in [2.45, 2.75) is 6.92 Å². The molecule has 0 saturated carbocycles. The maximum atomic E-state index is 13.1. The quantitative estimate of drug-likeness (QED) is 0.510. The number of aryl methyl sites for hydroxylation is 2. The van der Waals surface area contributed by atoms with Crippen LogP contribution in [0.5, 0.6) is 0 Å². The van der Waals surface area contributed by atoms with Gasteiger partial charge in [0.1, 0.15) is 10.8 Å². The van der Waals surface area contributed by atoms with E-state index in [1.54, 1.807) is 16.0 Å². The van der Waals surface area contributed by atoms with Gasteiger partial charge in [-0.05, 0) is 25.1 Å². The SMILES string of the molecule is Cc1csc(-c2ccc(N3CCN(C(=O)c4nn(C)c5ccccc45)CC3)nc2)n1. The van der Waals surface area contributed by atoms with E-state index in [9.17, 15) is 4.79 Å². The molecule has 4 heterocycles. The number of hydrogen-bond acceptors (Lipinski definition) is 6. The summed E-state index contributed by atoms with van der Waals surface area (Å²) in [4.78, 5) is 26.3. The summed E-state index contributed by atoms with van der Waals surface area (Å²) in [5.74, 6) is 0.927. The van der Waals surface area contributed by atoms with Gasteiger partial charge in [0.05, 0.1) is 5.52 Å². The lowest BCUT2D eigenvalue weighted by atomic mass is 10.2. The predicted molar refractivity (Wildman–Crippen MR) is 119 cm³/mol. The Morgan fingerprint density at radius 2 is 1.87 bits per heavy atom. The molecule has 1 amide bonds. The van der Waals surface area contributed by atoms with Gasteiger partial charge in [-0.2, -0.15) is 5.10 Å². The topological polar surface area (TPSA) is 67.2 Å². The number of amides is 1. The third-order valence-electron chi connectivity index (χ3n) is 5.47. The van der Waals surface area contributed by atoms with Crippen molar-refractivity contribution in [1.29, 1.82) is 0 Å². The smallest absolute Gasteiger partial charge is 0.275 e. The third kappa shape index (κ3) is 3.33. The average Bonchev–Trinajstić information content (AvgIpc) is 3.37. The van der Waals surface area contributed by atoms with Gasteiger partial charge >= 0.3 is 0 Å². The Morgan fingerprint density at radius 1 is 1.07 bits per heavy atom. The first kappa shape index (κ1) is 18.7. The van der Waals surface area contributed by atoms with Gasteiger partial charge in [-0.1, -0.05) is 18.2 Å². The molecule has 3 aromatic heterocycles. The predicted octanol–water partition coefficient (Wildman–Crippen LogP) is 3.36. The van der Waals surface area contributed by atoms with Crippen LogP contribution in [0.4, 0.5) is 5.82 Å². The number of rotatable bonds is 3. The molecule has 0 atom stereocenters. The van der Waals surface area contributed by atoms with E-state index in [1.807, 2.05) is 60.8 Å². The zero-order chi connectivity index (χ0) is 20.7. The van der Waals surface area contributed by atoms with E-state index < -0.39 is 0 Å². The standard InChI is InChI=1S/C22H22N6OS/c1-15-14-30-21(24-15)16-7-8-19(23-13-16)27-9-11-28(12-10-27)22(29)20-17-5-3-4-6-18(17)26(2)25-20/h3-8,13-14H,9-12H2,1-2H3. The number of carbonyl (C=O) groups is 1. The number of para-hydroxylation sites is 1. The Balaban J connectivity index is 1.27. The Kier molecular flexibility index (Phi) is 4.71. The summed E-state index contributed by atoms with van der Waals surface area (Å²) < 4.78 is 1.77. The lowest BCUT2D eigenvalue weighted by molar-refractivity contribution is 0.0741. The van der Waals surface area contributed by atoms with Crippen molar-refractivity contribution in [1.82, 2.24) is 24.6 Å². The van der Waals surface area contributed by atoms with E-state index in [1.165, 1.54) is 0 Å². The molecule has 1 saturated heterocycles. The number of benzene rings is 1. The number of pyridine rings is 1. The molecular weight excluding hydrogens is 396 g/mol. The van der Waals surface area contributed by atoms with Crippen molar-refractivity contribution in [2.24, 2.45) is 7.05 Å². The number of hydrogen-bond donors (Lipinski definition) is 0. The fourth-order valence-electron chi connectivity index (χ4n) is 3.85. The second kappa shape index (κ2) is 7.53. The first-order chi connectivity index (χ1) is 14.6. The number of anilines is 1. The van der Waals surface area contributed by atoms with Gasteiger partial charge in [0.15, 0.2) is 5.69 Å². The van der Waals surface area contributed by atoms with Crippen LogP contribution in [0, 0.1) is 6.92 Å². The molecular formula is C22H22N6OS. The van der Waals surface area contributed by atoms with Crippen LogP contribution in [0.3, 0.4) is 0 Å². The Bertz CT molecular complexity index is 1200. The van der Waals surface area contributed by atoms with Crippen LogP contribution < -0.4 is 4.90 Å². The zero-order valence-corrected chi connectivity index (χ0v) is 17.8. The number of carbonyl (C=O) groups excluding carboxylic acids is 1. The summed E-state index contributed by atoms with van der Waals surface area (Å²) in [5, 5.41) is 8.42. The van der Waals surface area contributed by atoms with E-state index >= 15 is 0 Å². The minimum Gasteiger partial charge on any atom is -0.353 e. The first-order valence-electron chi connectivity index (χ1n) is 9.94. The molecule has 0 radical (unpaired) electrons. The molecule has 1 aromatic carbocycles. The highest BCUT2D eigenvalue weighted by atomic mass is 32.1. The van der Waals surface area contributed by atoms with Crippen molar-refractivity contribution >= 4 is 34.0 Å². The Labute approximate surface area is 178 Å². The van der Waals surface area contributed by atoms with Crippen LogP contribution >= 0.6 is 11.3 Å². The van der Waals surface area contributed by atoms with Crippen molar-refractivity contribution in [3.05, 3.63) is 59.4 Å². The maximum absolute atomic E-state index is 13.1. The van der Waals surface area contributed by atoms with Crippen molar-refractivity contribution in [2.75, 3.05) is 31.1 Å². The molecule has 5 rings (SSSR count). The number of thiazole rings is 1. The highest BCUT2D eigenvalue weighted by Crippen LogP contribution is 2.25. The number of aromatic nitrogens is 4. The molecule has 0 bridgehead atoms. The third-order valence-corrected chi connectivity index (χ3v) is 6.47. The molecule has 7 nitrogen and oxygen atoms in total. The van der Waals surface area contributed by atoms with Crippen LogP contribution in [-0.2, 0) is 7.05 Å². The van der Waals surface area contributed by atoms with Crippen molar-refractivity contribution in [3.8, 4) is 10.6 Å². The molecule has 0 unspecified atom stereocenters. The highest BCUT2D eigenvalue weighted by Gasteiger charge is 2.26. The molecule has 0 N–H and O–H groups in total. The van der Waals surface area contributed by atoms with E-state index in [2.05, 4.69) is 26.0 Å². The van der Waals surface area contributed by atoms with E-state index in [-0.39, 0.29) is 5.91 Å². The van der Waals surface area contributed by atoms with Gasteiger partial charge < -0.3 is 9.80 Å². The summed E-state index contributed by atoms with van der Waals surface area (Å²) in [5.41, 5.74) is 3.57. The van der Waals surface area contributed by atoms with E-state index in [0.717, 1.165) is 46.1 Å². The number of piperazine rings is 1. The van der Waals surface area contributed by atoms with Gasteiger partial charge in [0, 0.05) is 61.4 Å². The maximum Gasteiger partial charge on any atom is 0.275 e. The van der Waals surface area contributed by atoms with Gasteiger partial charge in [-0.15, -0.1) is 11.3 Å². The Hall–Kier alpha value is -3.26. The van der Waals surface area contributed by atoms with Gasteiger partial charge in [0.25, 0.3) is 5.91 Å². The molecule has 1 aliphatic heterocycles. The molecule has 0 aliphatic carbocycles. The molecule has 30 heavy (non-hydrogen) atoms. The van der Waals surface area contributed by atoms with Crippen LogP contribution in [0.2, 0.25) is 0 Å². The number of nitrogens with zero attached hydrogens (tertiary/aromatic N) is 6. The summed E-state index contributed by atoms with van der Waals surface area (Å²) in [6.07, 6.45) is 1.88.